The van der Waals surface area contributed by atoms with E-state index in [1.54, 1.807) is 0 Å². The molecule has 1 aliphatic carbocycles. The number of aliphatic carboxylic acids is 1. The summed E-state index contributed by atoms with van der Waals surface area (Å²) in [5.74, 6) is -0.234. The topological polar surface area (TPSA) is 49.3 Å². The summed E-state index contributed by atoms with van der Waals surface area (Å²) < 4.78 is 0. The van der Waals surface area contributed by atoms with Crippen LogP contribution in [0.3, 0.4) is 0 Å². The summed E-state index contributed by atoms with van der Waals surface area (Å²) in [4.78, 5) is 11.1. The van der Waals surface area contributed by atoms with Crippen molar-refractivity contribution in [3.63, 3.8) is 0 Å². The molecule has 0 bridgehead atoms. The van der Waals surface area contributed by atoms with Gasteiger partial charge in [0.25, 0.3) is 0 Å². The van der Waals surface area contributed by atoms with Crippen molar-refractivity contribution in [3.8, 4) is 0 Å². The lowest BCUT2D eigenvalue weighted by molar-refractivity contribution is -0.148. The molecule has 3 nitrogen and oxygen atoms in total. The van der Waals surface area contributed by atoms with Gasteiger partial charge in [0.05, 0.1) is 0 Å². The number of carbonyl (C=O) groups is 1. The van der Waals surface area contributed by atoms with Crippen LogP contribution in [0, 0.1) is 5.92 Å². The van der Waals surface area contributed by atoms with E-state index in [-0.39, 0.29) is 0 Å². The zero-order valence-corrected chi connectivity index (χ0v) is 7.18. The van der Waals surface area contributed by atoms with Crippen LogP contribution < -0.4 is 5.32 Å². The van der Waals surface area contributed by atoms with Crippen molar-refractivity contribution in [2.45, 2.75) is 37.6 Å². The largest absolute Gasteiger partial charge is 0.480 e. The number of rotatable bonds is 2. The third-order valence-corrected chi connectivity index (χ3v) is 3.37. The van der Waals surface area contributed by atoms with E-state index in [0.717, 1.165) is 32.2 Å². The molecule has 0 radical (unpaired) electrons. The second kappa shape index (κ2) is 2.73. The monoisotopic (exact) mass is 169 g/mol. The molecule has 0 aromatic heterocycles. The van der Waals surface area contributed by atoms with Crippen molar-refractivity contribution in [1.29, 1.82) is 0 Å². The van der Waals surface area contributed by atoms with Gasteiger partial charge in [0.1, 0.15) is 5.54 Å². The Bertz CT molecular complexity index is 193. The first-order valence-corrected chi connectivity index (χ1v) is 4.74. The highest BCUT2D eigenvalue weighted by Crippen LogP contribution is 2.40. The van der Waals surface area contributed by atoms with Crippen LogP contribution in [0.5, 0.6) is 0 Å². The highest BCUT2D eigenvalue weighted by Gasteiger charge is 2.49. The Hall–Kier alpha value is -0.570. The average molecular weight is 169 g/mol. The van der Waals surface area contributed by atoms with Crippen LogP contribution in [0.25, 0.3) is 0 Å². The molecule has 1 atom stereocenters. The molecule has 2 aliphatic rings. The van der Waals surface area contributed by atoms with E-state index in [1.807, 2.05) is 0 Å². The van der Waals surface area contributed by atoms with Gasteiger partial charge in [0.2, 0.25) is 0 Å². The Labute approximate surface area is 72.2 Å². The minimum atomic E-state index is -0.635. The molecular formula is C9H15NO2. The van der Waals surface area contributed by atoms with Gasteiger partial charge in [-0.15, -0.1) is 0 Å². The van der Waals surface area contributed by atoms with Gasteiger partial charge < -0.3 is 10.4 Å². The standard InChI is InChI=1S/C9H15NO2/c11-8(12)9(5-2-6-10-9)7-3-1-4-7/h7,10H,1-6H2,(H,11,12)/t9-/m1/s1. The SMILES string of the molecule is O=C(O)[C@]1(C2CCC2)CCCN1. The number of hydrogen-bond acceptors (Lipinski definition) is 2. The zero-order valence-electron chi connectivity index (χ0n) is 7.18. The molecule has 3 heteroatoms. The summed E-state index contributed by atoms with van der Waals surface area (Å²) >= 11 is 0. The number of carboxylic acid groups (broad SMARTS) is 1. The number of hydrogen-bond donors (Lipinski definition) is 2. The summed E-state index contributed by atoms with van der Waals surface area (Å²) in [6.07, 6.45) is 5.25. The maximum absolute atomic E-state index is 11.1. The van der Waals surface area contributed by atoms with Crippen LogP contribution in [-0.4, -0.2) is 23.2 Å². The van der Waals surface area contributed by atoms with Gasteiger partial charge in [-0.3, -0.25) is 4.79 Å². The third kappa shape index (κ3) is 0.959. The first-order valence-electron chi connectivity index (χ1n) is 4.74. The fourth-order valence-corrected chi connectivity index (χ4v) is 2.37. The molecule has 0 aromatic carbocycles. The molecule has 12 heavy (non-hydrogen) atoms. The van der Waals surface area contributed by atoms with E-state index >= 15 is 0 Å². The van der Waals surface area contributed by atoms with Gasteiger partial charge in [0.15, 0.2) is 0 Å². The lowest BCUT2D eigenvalue weighted by Crippen LogP contribution is -2.55. The molecule has 2 rings (SSSR count). The highest BCUT2D eigenvalue weighted by atomic mass is 16.4. The van der Waals surface area contributed by atoms with Crippen LogP contribution in [0.1, 0.15) is 32.1 Å². The summed E-state index contributed by atoms with van der Waals surface area (Å²) in [5.41, 5.74) is -0.543. The summed E-state index contributed by atoms with van der Waals surface area (Å²) in [6.45, 7) is 0.878. The van der Waals surface area contributed by atoms with Gasteiger partial charge in [0, 0.05) is 0 Å². The molecule has 2 N–H and O–H groups in total. The summed E-state index contributed by atoms with van der Waals surface area (Å²) in [7, 11) is 0. The number of carboxylic acids is 1. The second-order valence-corrected chi connectivity index (χ2v) is 3.93. The Morgan fingerprint density at radius 3 is 2.50 bits per heavy atom. The Morgan fingerprint density at radius 1 is 1.42 bits per heavy atom. The second-order valence-electron chi connectivity index (χ2n) is 3.93. The average Bonchev–Trinajstić information content (AvgIpc) is 2.33. The van der Waals surface area contributed by atoms with Crippen LogP contribution in [0.4, 0.5) is 0 Å². The first kappa shape index (κ1) is 8.05. The minimum absolute atomic E-state index is 0.400. The van der Waals surface area contributed by atoms with Gasteiger partial charge in [-0.2, -0.15) is 0 Å². The Kier molecular flexibility index (Phi) is 1.83. The van der Waals surface area contributed by atoms with Crippen LogP contribution in [0.2, 0.25) is 0 Å². The molecule has 1 aliphatic heterocycles. The fourth-order valence-electron chi connectivity index (χ4n) is 2.37. The van der Waals surface area contributed by atoms with Gasteiger partial charge in [-0.05, 0) is 38.1 Å². The molecular weight excluding hydrogens is 154 g/mol. The van der Waals surface area contributed by atoms with Gasteiger partial charge in [-0.25, -0.2) is 0 Å². The van der Waals surface area contributed by atoms with Gasteiger partial charge in [-0.1, -0.05) is 6.42 Å². The van der Waals surface area contributed by atoms with Crippen molar-refractivity contribution >= 4 is 5.97 Å². The van der Waals surface area contributed by atoms with E-state index < -0.39 is 11.5 Å². The maximum Gasteiger partial charge on any atom is 0.324 e. The molecule has 1 saturated heterocycles. The van der Waals surface area contributed by atoms with Crippen molar-refractivity contribution in [1.82, 2.24) is 5.32 Å². The Morgan fingerprint density at radius 2 is 2.17 bits per heavy atom. The zero-order chi connectivity index (χ0) is 8.60. The fraction of sp³-hybridized carbons (Fsp3) is 0.889. The molecule has 0 aromatic rings. The number of nitrogens with one attached hydrogen (secondary N) is 1. The predicted octanol–water partition coefficient (Wildman–Crippen LogP) is 0.993. The molecule has 2 fully saturated rings. The minimum Gasteiger partial charge on any atom is -0.480 e. The molecule has 1 heterocycles. The van der Waals surface area contributed by atoms with Crippen LogP contribution in [0.15, 0.2) is 0 Å². The van der Waals surface area contributed by atoms with Gasteiger partial charge >= 0.3 is 5.97 Å². The lowest BCUT2D eigenvalue weighted by Gasteiger charge is -2.39. The normalized spacial score (nSPS) is 36.3. The maximum atomic E-state index is 11.1. The van der Waals surface area contributed by atoms with Crippen molar-refractivity contribution in [2.75, 3.05) is 6.54 Å². The van der Waals surface area contributed by atoms with Crippen molar-refractivity contribution in [3.05, 3.63) is 0 Å². The molecule has 0 spiro atoms. The molecule has 68 valence electrons. The molecule has 0 unspecified atom stereocenters. The van der Waals surface area contributed by atoms with Crippen LogP contribution in [-0.2, 0) is 4.79 Å². The Balaban J connectivity index is 2.14. The summed E-state index contributed by atoms with van der Waals surface area (Å²) in [5, 5.41) is 12.3. The van der Waals surface area contributed by atoms with E-state index in [1.165, 1.54) is 6.42 Å². The quantitative estimate of drug-likeness (QED) is 0.648. The van der Waals surface area contributed by atoms with E-state index in [9.17, 15) is 4.79 Å². The van der Waals surface area contributed by atoms with Crippen molar-refractivity contribution < 1.29 is 9.90 Å². The lowest BCUT2D eigenvalue weighted by atomic mass is 9.70. The van der Waals surface area contributed by atoms with E-state index in [2.05, 4.69) is 5.32 Å². The van der Waals surface area contributed by atoms with Crippen LogP contribution >= 0.6 is 0 Å². The molecule has 0 amide bonds. The smallest absolute Gasteiger partial charge is 0.324 e. The van der Waals surface area contributed by atoms with E-state index in [0.29, 0.717) is 5.92 Å². The highest BCUT2D eigenvalue weighted by molar-refractivity contribution is 5.79. The van der Waals surface area contributed by atoms with E-state index in [4.69, 9.17) is 5.11 Å². The third-order valence-electron chi connectivity index (χ3n) is 3.37. The predicted molar refractivity (Wildman–Crippen MR) is 44.9 cm³/mol. The molecule has 1 saturated carbocycles. The van der Waals surface area contributed by atoms with Crippen molar-refractivity contribution in [2.24, 2.45) is 5.92 Å². The first-order chi connectivity index (χ1) is 5.76. The summed E-state index contributed by atoms with van der Waals surface area (Å²) in [6, 6.07) is 0.